The lowest BCUT2D eigenvalue weighted by Gasteiger charge is -2.32. The number of rotatable bonds is 3. The zero-order valence-electron chi connectivity index (χ0n) is 15.2. The number of benzene rings is 1. The number of hydrogen-bond donors (Lipinski definition) is 1. The molecule has 136 valence electrons. The monoisotopic (exact) mass is 352 g/mol. The summed E-state index contributed by atoms with van der Waals surface area (Å²) in [5.41, 5.74) is 2.88. The number of nitrogens with one attached hydrogen (secondary N) is 1. The Morgan fingerprint density at radius 1 is 1.08 bits per heavy atom. The van der Waals surface area contributed by atoms with Gasteiger partial charge < -0.3 is 4.98 Å². The highest BCUT2D eigenvalue weighted by Crippen LogP contribution is 2.33. The topological polar surface area (TPSA) is 63.0 Å². The Balaban J connectivity index is 1.48. The molecule has 0 atom stereocenters. The largest absolute Gasteiger partial charge is 0.361 e. The van der Waals surface area contributed by atoms with Crippen molar-refractivity contribution in [3.63, 3.8) is 0 Å². The fourth-order valence-electron chi connectivity index (χ4n) is 3.99. The van der Waals surface area contributed by atoms with E-state index in [9.17, 15) is 9.59 Å². The van der Waals surface area contributed by atoms with Gasteiger partial charge in [0.15, 0.2) is 0 Å². The number of para-hydroxylation sites is 1. The molecule has 2 aromatic heterocycles. The van der Waals surface area contributed by atoms with Crippen molar-refractivity contribution in [3.05, 3.63) is 68.6 Å². The van der Waals surface area contributed by atoms with Crippen LogP contribution in [0.4, 0.5) is 0 Å². The summed E-state index contributed by atoms with van der Waals surface area (Å²) < 4.78 is 2.72. The minimum atomic E-state index is -0.263. The van der Waals surface area contributed by atoms with Crippen LogP contribution in [-0.2, 0) is 20.6 Å². The summed E-state index contributed by atoms with van der Waals surface area (Å²) in [7, 11) is 3.25. The van der Waals surface area contributed by atoms with Crippen molar-refractivity contribution in [2.24, 2.45) is 14.1 Å². The Kier molecular flexibility index (Phi) is 4.28. The molecular weight excluding hydrogens is 328 g/mol. The van der Waals surface area contributed by atoms with Crippen LogP contribution in [0.2, 0.25) is 0 Å². The molecular formula is C20H24N4O2. The molecule has 0 radical (unpaired) electrons. The first-order valence-electron chi connectivity index (χ1n) is 9.09. The second-order valence-corrected chi connectivity index (χ2v) is 7.21. The third-order valence-electron chi connectivity index (χ3n) is 5.66. The molecule has 0 bridgehead atoms. The fraction of sp³-hybridized carbons (Fsp3) is 0.400. The van der Waals surface area contributed by atoms with E-state index in [1.165, 1.54) is 23.5 Å². The molecule has 0 unspecified atom stereocenters. The molecule has 1 fully saturated rings. The predicted octanol–water partition coefficient (Wildman–Crippen LogP) is 1.94. The Morgan fingerprint density at radius 3 is 2.58 bits per heavy atom. The third-order valence-corrected chi connectivity index (χ3v) is 5.66. The summed E-state index contributed by atoms with van der Waals surface area (Å²) in [6.07, 6.45) is 4.32. The number of fused-ring (bicyclic) bond motifs is 1. The van der Waals surface area contributed by atoms with Crippen LogP contribution in [0.1, 0.15) is 30.0 Å². The van der Waals surface area contributed by atoms with Gasteiger partial charge in [0.05, 0.1) is 0 Å². The summed E-state index contributed by atoms with van der Waals surface area (Å²) in [5.74, 6) is 0.551. The number of hydrogen-bond acceptors (Lipinski definition) is 3. The van der Waals surface area contributed by atoms with Gasteiger partial charge in [0, 0.05) is 49.5 Å². The van der Waals surface area contributed by atoms with Gasteiger partial charge in [-0.2, -0.15) is 0 Å². The van der Waals surface area contributed by atoms with E-state index >= 15 is 0 Å². The van der Waals surface area contributed by atoms with Crippen LogP contribution in [0.5, 0.6) is 0 Å². The highest BCUT2D eigenvalue weighted by molar-refractivity contribution is 5.83. The van der Waals surface area contributed by atoms with E-state index in [4.69, 9.17) is 0 Å². The third kappa shape index (κ3) is 2.90. The lowest BCUT2D eigenvalue weighted by Crippen LogP contribution is -2.40. The van der Waals surface area contributed by atoms with Crippen molar-refractivity contribution in [1.82, 2.24) is 19.0 Å². The average Bonchev–Trinajstić information content (AvgIpc) is 3.09. The van der Waals surface area contributed by atoms with Gasteiger partial charge in [-0.1, -0.05) is 18.2 Å². The summed E-state index contributed by atoms with van der Waals surface area (Å²) >= 11 is 0. The Hall–Kier alpha value is -2.60. The smallest absolute Gasteiger partial charge is 0.330 e. The summed E-state index contributed by atoms with van der Waals surface area (Å²) in [6, 6.07) is 10.0. The van der Waals surface area contributed by atoms with Gasteiger partial charge >= 0.3 is 5.69 Å². The minimum Gasteiger partial charge on any atom is -0.361 e. The predicted molar refractivity (Wildman–Crippen MR) is 102 cm³/mol. The maximum atomic E-state index is 12.1. The molecule has 4 rings (SSSR count). The first-order chi connectivity index (χ1) is 12.5. The van der Waals surface area contributed by atoms with Crippen LogP contribution in [0, 0.1) is 0 Å². The van der Waals surface area contributed by atoms with Crippen molar-refractivity contribution in [3.8, 4) is 0 Å². The molecule has 0 spiro atoms. The molecule has 6 nitrogen and oxygen atoms in total. The highest BCUT2D eigenvalue weighted by Gasteiger charge is 2.23. The van der Waals surface area contributed by atoms with Gasteiger partial charge in [-0.3, -0.25) is 18.8 Å². The Bertz CT molecular complexity index is 1050. The molecule has 26 heavy (non-hydrogen) atoms. The molecule has 0 saturated carbocycles. The van der Waals surface area contributed by atoms with E-state index in [1.54, 1.807) is 17.7 Å². The number of nitrogens with zero attached hydrogens (tertiary/aromatic N) is 3. The first kappa shape index (κ1) is 16.8. The second kappa shape index (κ2) is 6.61. The molecule has 3 aromatic rings. The quantitative estimate of drug-likeness (QED) is 0.784. The van der Waals surface area contributed by atoms with Gasteiger partial charge in [0.1, 0.15) is 0 Å². The van der Waals surface area contributed by atoms with Crippen LogP contribution in [-0.4, -0.2) is 32.1 Å². The van der Waals surface area contributed by atoms with Gasteiger partial charge in [-0.05, 0) is 43.5 Å². The Labute approximate surface area is 151 Å². The lowest BCUT2D eigenvalue weighted by molar-refractivity contribution is 0.200. The van der Waals surface area contributed by atoms with E-state index in [-0.39, 0.29) is 11.2 Å². The number of aromatic nitrogens is 3. The molecule has 1 saturated heterocycles. The number of aromatic amines is 1. The van der Waals surface area contributed by atoms with Gasteiger partial charge in [-0.15, -0.1) is 0 Å². The number of H-pyrrole nitrogens is 1. The normalized spacial score (nSPS) is 16.4. The summed E-state index contributed by atoms with van der Waals surface area (Å²) in [6.45, 7) is 2.57. The van der Waals surface area contributed by atoms with Crippen LogP contribution in [0.25, 0.3) is 10.9 Å². The van der Waals surface area contributed by atoms with Crippen molar-refractivity contribution in [2.75, 3.05) is 13.1 Å². The highest BCUT2D eigenvalue weighted by atomic mass is 16.2. The van der Waals surface area contributed by atoms with Crippen molar-refractivity contribution in [1.29, 1.82) is 0 Å². The molecule has 0 amide bonds. The Morgan fingerprint density at radius 2 is 1.81 bits per heavy atom. The van der Waals surface area contributed by atoms with Crippen molar-refractivity contribution < 1.29 is 0 Å². The SMILES string of the molecule is Cn1c(CN2CCC(c3c[nH]c4ccccc34)CC2)cc(=O)n(C)c1=O. The van der Waals surface area contributed by atoms with Crippen molar-refractivity contribution >= 4 is 10.9 Å². The second-order valence-electron chi connectivity index (χ2n) is 7.21. The van der Waals surface area contributed by atoms with Crippen LogP contribution >= 0.6 is 0 Å². The van der Waals surface area contributed by atoms with E-state index < -0.39 is 0 Å². The van der Waals surface area contributed by atoms with Crippen LogP contribution < -0.4 is 11.2 Å². The van der Waals surface area contributed by atoms with Gasteiger partial charge in [-0.25, -0.2) is 4.79 Å². The molecule has 3 heterocycles. The molecule has 1 aliphatic rings. The summed E-state index contributed by atoms with van der Waals surface area (Å²) in [4.78, 5) is 29.7. The maximum absolute atomic E-state index is 12.1. The zero-order valence-corrected chi connectivity index (χ0v) is 15.2. The molecule has 1 aromatic carbocycles. The van der Waals surface area contributed by atoms with E-state index in [1.807, 2.05) is 0 Å². The zero-order chi connectivity index (χ0) is 18.3. The average molecular weight is 352 g/mol. The molecule has 0 aliphatic carbocycles. The molecule has 1 N–H and O–H groups in total. The standard InChI is InChI=1S/C20H24N4O2/c1-22-15(11-19(25)23(2)20(22)26)13-24-9-7-14(8-10-24)17-12-21-18-6-4-3-5-16(17)18/h3-6,11-12,14,21H,7-10,13H2,1-2H3. The fourth-order valence-corrected chi connectivity index (χ4v) is 3.99. The summed E-state index contributed by atoms with van der Waals surface area (Å²) in [5, 5.41) is 1.32. The molecule has 6 heteroatoms. The van der Waals surface area contributed by atoms with E-state index in [0.717, 1.165) is 36.2 Å². The van der Waals surface area contributed by atoms with Crippen LogP contribution in [0.15, 0.2) is 46.1 Å². The first-order valence-corrected chi connectivity index (χ1v) is 9.09. The molecule has 1 aliphatic heterocycles. The van der Waals surface area contributed by atoms with Gasteiger partial charge in [0.2, 0.25) is 0 Å². The lowest BCUT2D eigenvalue weighted by atomic mass is 9.89. The van der Waals surface area contributed by atoms with Crippen LogP contribution in [0.3, 0.4) is 0 Å². The van der Waals surface area contributed by atoms with Crippen molar-refractivity contribution in [2.45, 2.75) is 25.3 Å². The maximum Gasteiger partial charge on any atom is 0.330 e. The van der Waals surface area contributed by atoms with E-state index in [2.05, 4.69) is 40.3 Å². The number of piperidine rings is 1. The minimum absolute atomic E-state index is 0.239. The number of likely N-dealkylation sites (tertiary alicyclic amines) is 1. The van der Waals surface area contributed by atoms with E-state index in [0.29, 0.717) is 12.5 Å². The van der Waals surface area contributed by atoms with Gasteiger partial charge in [0.25, 0.3) is 5.56 Å².